The summed E-state index contributed by atoms with van der Waals surface area (Å²) in [6, 6.07) is 30.1. The van der Waals surface area contributed by atoms with Crippen molar-refractivity contribution in [3.8, 4) is 5.75 Å². The Balaban J connectivity index is 1.19. The number of fused-ring (bicyclic) bond motifs is 2. The number of carbonyl (C=O) groups excluding carboxylic acids is 1. The molecule has 6 heteroatoms. The first-order chi connectivity index (χ1) is 17.7. The number of rotatable bonds is 7. The number of aromatic nitrogens is 2. The summed E-state index contributed by atoms with van der Waals surface area (Å²) in [4.78, 5) is 19.7. The van der Waals surface area contributed by atoms with Crippen LogP contribution in [0.15, 0.2) is 91.0 Å². The normalized spacial score (nSPS) is 15.8. The van der Waals surface area contributed by atoms with Crippen LogP contribution in [-0.4, -0.2) is 28.6 Å². The Bertz CT molecular complexity index is 1560. The van der Waals surface area contributed by atoms with Gasteiger partial charge in [-0.3, -0.25) is 4.79 Å². The van der Waals surface area contributed by atoms with Crippen LogP contribution in [0.3, 0.4) is 0 Å². The van der Waals surface area contributed by atoms with Gasteiger partial charge in [-0.05, 0) is 59.7 Å². The predicted octanol–water partition coefficient (Wildman–Crippen LogP) is 6.83. The largest absolute Gasteiger partial charge is 0.494 e. The van der Waals surface area contributed by atoms with Gasteiger partial charge in [0.2, 0.25) is 5.91 Å². The third-order valence-corrected chi connectivity index (χ3v) is 7.04. The molecule has 5 nitrogen and oxygen atoms in total. The molecule has 1 unspecified atom stereocenters. The maximum Gasteiger partial charge on any atom is 0.227 e. The second-order valence-electron chi connectivity index (χ2n) is 9.21. The van der Waals surface area contributed by atoms with Crippen LogP contribution >= 0.6 is 11.6 Å². The molecule has 0 saturated carbocycles. The fraction of sp³-hybridized carbons (Fsp3) is 0.200. The number of halogens is 1. The Morgan fingerprint density at radius 3 is 2.64 bits per heavy atom. The average molecular weight is 496 g/mol. The van der Waals surface area contributed by atoms with Gasteiger partial charge in [0, 0.05) is 36.1 Å². The molecule has 36 heavy (non-hydrogen) atoms. The maximum absolute atomic E-state index is 12.9. The van der Waals surface area contributed by atoms with Crippen molar-refractivity contribution in [3.05, 3.63) is 102 Å². The Labute approximate surface area is 214 Å². The number of ether oxygens (including phenoxy) is 1. The highest BCUT2D eigenvalue weighted by atomic mass is 35.5. The summed E-state index contributed by atoms with van der Waals surface area (Å²) in [6.07, 6.45) is 1.27. The summed E-state index contributed by atoms with van der Waals surface area (Å²) in [6.45, 7) is 1.96. The highest BCUT2D eigenvalue weighted by Crippen LogP contribution is 2.34. The van der Waals surface area contributed by atoms with E-state index in [1.807, 2.05) is 65.6 Å². The molecule has 1 saturated heterocycles. The van der Waals surface area contributed by atoms with Crippen LogP contribution in [0, 0.1) is 0 Å². The van der Waals surface area contributed by atoms with Crippen LogP contribution < -0.4 is 9.64 Å². The maximum atomic E-state index is 12.9. The molecular weight excluding hydrogens is 470 g/mol. The summed E-state index contributed by atoms with van der Waals surface area (Å²) in [5.41, 5.74) is 2.88. The minimum Gasteiger partial charge on any atom is -0.494 e. The van der Waals surface area contributed by atoms with Gasteiger partial charge in [-0.2, -0.15) is 0 Å². The summed E-state index contributed by atoms with van der Waals surface area (Å²) in [5.74, 6) is 1.95. The van der Waals surface area contributed by atoms with Gasteiger partial charge in [0.05, 0.1) is 17.6 Å². The van der Waals surface area contributed by atoms with Crippen LogP contribution in [0.4, 0.5) is 5.69 Å². The first-order valence-electron chi connectivity index (χ1n) is 12.3. The van der Waals surface area contributed by atoms with Crippen LogP contribution in [0.2, 0.25) is 5.02 Å². The average Bonchev–Trinajstić information content (AvgIpc) is 3.47. The highest BCUT2D eigenvalue weighted by molar-refractivity contribution is 6.30. The van der Waals surface area contributed by atoms with Crippen molar-refractivity contribution in [2.45, 2.75) is 25.3 Å². The van der Waals surface area contributed by atoms with Crippen molar-refractivity contribution in [1.82, 2.24) is 9.55 Å². The van der Waals surface area contributed by atoms with Crippen molar-refractivity contribution >= 4 is 45.0 Å². The van der Waals surface area contributed by atoms with Gasteiger partial charge in [-0.15, -0.1) is 0 Å². The molecule has 1 aliphatic rings. The summed E-state index contributed by atoms with van der Waals surface area (Å²) >= 11 is 6.18. The van der Waals surface area contributed by atoms with E-state index < -0.39 is 0 Å². The zero-order valence-corrected chi connectivity index (χ0v) is 20.6. The zero-order chi connectivity index (χ0) is 24.5. The number of para-hydroxylation sites is 2. The van der Waals surface area contributed by atoms with Crippen LogP contribution in [-0.2, 0) is 11.3 Å². The number of nitrogens with zero attached hydrogens (tertiary/aromatic N) is 3. The van der Waals surface area contributed by atoms with E-state index >= 15 is 0 Å². The number of benzene rings is 4. The number of carbonyl (C=O) groups is 1. The van der Waals surface area contributed by atoms with Crippen LogP contribution in [0.25, 0.3) is 21.8 Å². The molecule has 4 aromatic carbocycles. The van der Waals surface area contributed by atoms with E-state index in [4.69, 9.17) is 21.3 Å². The molecule has 0 spiro atoms. The van der Waals surface area contributed by atoms with Gasteiger partial charge in [-0.25, -0.2) is 4.98 Å². The van der Waals surface area contributed by atoms with Gasteiger partial charge in [0.25, 0.3) is 0 Å². The van der Waals surface area contributed by atoms with Crippen molar-refractivity contribution in [2.75, 3.05) is 18.1 Å². The number of aryl methyl sites for hydroxylation is 1. The van der Waals surface area contributed by atoms with Gasteiger partial charge < -0.3 is 14.2 Å². The summed E-state index contributed by atoms with van der Waals surface area (Å²) in [5, 5.41) is 3.01. The molecular formula is C30H26ClN3O2. The van der Waals surface area contributed by atoms with Gasteiger partial charge in [0.15, 0.2) is 0 Å². The lowest BCUT2D eigenvalue weighted by Crippen LogP contribution is -2.24. The smallest absolute Gasteiger partial charge is 0.227 e. The number of hydrogen-bond donors (Lipinski definition) is 0. The third-order valence-electron chi connectivity index (χ3n) is 6.81. The second kappa shape index (κ2) is 9.67. The topological polar surface area (TPSA) is 47.4 Å². The van der Waals surface area contributed by atoms with Crippen molar-refractivity contribution in [1.29, 1.82) is 0 Å². The number of anilines is 1. The molecule has 0 N–H and O–H groups in total. The highest BCUT2D eigenvalue weighted by Gasteiger charge is 2.34. The van der Waals surface area contributed by atoms with Crippen LogP contribution in [0.1, 0.15) is 24.6 Å². The van der Waals surface area contributed by atoms with Crippen molar-refractivity contribution < 1.29 is 9.53 Å². The quantitative estimate of drug-likeness (QED) is 0.232. The Morgan fingerprint density at radius 1 is 0.917 bits per heavy atom. The van der Waals surface area contributed by atoms with Crippen LogP contribution in [0.5, 0.6) is 5.75 Å². The third kappa shape index (κ3) is 4.42. The molecule has 1 amide bonds. The molecule has 1 atom stereocenters. The summed E-state index contributed by atoms with van der Waals surface area (Å²) in [7, 11) is 0. The van der Waals surface area contributed by atoms with Gasteiger partial charge in [0.1, 0.15) is 11.6 Å². The van der Waals surface area contributed by atoms with E-state index in [-0.39, 0.29) is 11.8 Å². The van der Waals surface area contributed by atoms with E-state index in [1.165, 1.54) is 10.8 Å². The van der Waals surface area contributed by atoms with Gasteiger partial charge in [-0.1, -0.05) is 60.1 Å². The lowest BCUT2D eigenvalue weighted by atomic mass is 10.1. The Morgan fingerprint density at radius 2 is 1.75 bits per heavy atom. The Kier molecular flexibility index (Phi) is 6.08. The van der Waals surface area contributed by atoms with E-state index in [9.17, 15) is 4.79 Å². The molecule has 6 rings (SSSR count). The lowest BCUT2D eigenvalue weighted by molar-refractivity contribution is -0.117. The Hall–Kier alpha value is -3.83. The standard InChI is InChI=1S/C30H26ClN3O2/c31-24-9-5-10-25(19-24)34-20-23(18-29(34)35)30-32-27-11-3-4-12-28(27)33(30)15-6-16-36-26-14-13-21-7-1-2-8-22(21)17-26/h1-5,7-14,17,19,23H,6,15-16,18,20H2. The fourth-order valence-corrected chi connectivity index (χ4v) is 5.27. The van der Waals surface area contributed by atoms with Gasteiger partial charge >= 0.3 is 0 Å². The molecule has 0 bridgehead atoms. The molecule has 5 aromatic rings. The number of amides is 1. The zero-order valence-electron chi connectivity index (χ0n) is 19.8. The van der Waals surface area contributed by atoms with E-state index in [0.29, 0.717) is 24.6 Å². The van der Waals surface area contributed by atoms with Crippen molar-refractivity contribution in [3.63, 3.8) is 0 Å². The second-order valence-corrected chi connectivity index (χ2v) is 9.64. The molecule has 1 fully saturated rings. The van der Waals surface area contributed by atoms with E-state index in [0.717, 1.165) is 41.3 Å². The summed E-state index contributed by atoms with van der Waals surface area (Å²) < 4.78 is 8.35. The molecule has 0 aliphatic carbocycles. The monoisotopic (exact) mass is 495 g/mol. The molecule has 0 radical (unpaired) electrons. The first kappa shape index (κ1) is 22.6. The van der Waals surface area contributed by atoms with E-state index in [1.54, 1.807) is 0 Å². The predicted molar refractivity (Wildman–Crippen MR) is 145 cm³/mol. The van der Waals surface area contributed by atoms with E-state index in [2.05, 4.69) is 34.9 Å². The molecule has 2 heterocycles. The number of imidazole rings is 1. The molecule has 1 aromatic heterocycles. The SMILES string of the molecule is O=C1CC(c2nc3ccccc3n2CCCOc2ccc3ccccc3c2)CN1c1cccc(Cl)c1. The molecule has 180 valence electrons. The minimum atomic E-state index is 0.0188. The van der Waals surface area contributed by atoms with Crippen molar-refractivity contribution in [2.24, 2.45) is 0 Å². The lowest BCUT2D eigenvalue weighted by Gasteiger charge is -2.18. The molecule has 1 aliphatic heterocycles. The first-order valence-corrected chi connectivity index (χ1v) is 12.7. The fourth-order valence-electron chi connectivity index (χ4n) is 5.08. The minimum absolute atomic E-state index is 0.0188. The number of hydrogen-bond acceptors (Lipinski definition) is 3.